The number of aliphatic hydroxyl groups is 3. The lowest BCUT2D eigenvalue weighted by atomic mass is 10.2. The van der Waals surface area contributed by atoms with Crippen LogP contribution in [0.5, 0.6) is 0 Å². The maximum atomic E-state index is 11.3. The van der Waals surface area contributed by atoms with E-state index >= 15 is 0 Å². The van der Waals surface area contributed by atoms with Crippen LogP contribution < -0.4 is 0 Å². The summed E-state index contributed by atoms with van der Waals surface area (Å²) in [6.45, 7) is 1.81. The highest BCUT2D eigenvalue weighted by Crippen LogP contribution is 2.03. The summed E-state index contributed by atoms with van der Waals surface area (Å²) in [6.07, 6.45) is -0.975. The number of esters is 2. The largest absolute Gasteiger partial charge is 0.464 e. The molecule has 19 heavy (non-hydrogen) atoms. The molecule has 2 unspecified atom stereocenters. The Bertz CT molecular complexity index is 267. The Morgan fingerprint density at radius 3 is 2.00 bits per heavy atom. The van der Waals surface area contributed by atoms with E-state index in [4.69, 9.17) is 9.84 Å². The van der Waals surface area contributed by atoms with Gasteiger partial charge in [-0.15, -0.1) is 0 Å². The van der Waals surface area contributed by atoms with Gasteiger partial charge in [-0.25, -0.2) is 9.59 Å². The summed E-state index contributed by atoms with van der Waals surface area (Å²) in [5.74, 6) is -2.11. The molecule has 0 saturated heterocycles. The van der Waals surface area contributed by atoms with Gasteiger partial charge in [0.15, 0.2) is 12.2 Å². The zero-order chi connectivity index (χ0) is 14.7. The highest BCUT2D eigenvalue weighted by molar-refractivity contribution is 5.85. The van der Waals surface area contributed by atoms with Gasteiger partial charge in [-0.2, -0.15) is 0 Å². The third kappa shape index (κ3) is 7.76. The first kappa shape index (κ1) is 17.8. The smallest absolute Gasteiger partial charge is 0.338 e. The zero-order valence-electron chi connectivity index (χ0n) is 11.1. The summed E-state index contributed by atoms with van der Waals surface area (Å²) in [4.78, 5) is 22.4. The van der Waals surface area contributed by atoms with Crippen molar-refractivity contribution < 1.29 is 34.4 Å². The summed E-state index contributed by atoms with van der Waals surface area (Å²) in [5, 5.41) is 27.2. The molecule has 0 radical (unpaired) electrons. The van der Waals surface area contributed by atoms with Crippen LogP contribution in [0.25, 0.3) is 0 Å². The second-order valence-corrected chi connectivity index (χ2v) is 3.95. The number of carbonyl (C=O) groups excluding carboxylic acids is 2. The summed E-state index contributed by atoms with van der Waals surface area (Å²) in [7, 11) is 0. The second kappa shape index (κ2) is 10.7. The van der Waals surface area contributed by atoms with Crippen LogP contribution in [0.15, 0.2) is 0 Å². The number of hydrogen-bond acceptors (Lipinski definition) is 7. The van der Waals surface area contributed by atoms with Gasteiger partial charge in [0.2, 0.25) is 0 Å². The maximum absolute atomic E-state index is 11.3. The van der Waals surface area contributed by atoms with Crippen LogP contribution in [0.4, 0.5) is 0 Å². The van der Waals surface area contributed by atoms with E-state index in [-0.39, 0.29) is 19.8 Å². The van der Waals surface area contributed by atoms with E-state index in [1.54, 1.807) is 6.92 Å². The molecule has 0 aromatic heterocycles. The molecule has 2 atom stereocenters. The fraction of sp³-hybridized carbons (Fsp3) is 0.833. The maximum Gasteiger partial charge on any atom is 0.338 e. The Hall–Kier alpha value is -1.18. The lowest BCUT2D eigenvalue weighted by Crippen LogP contribution is -2.41. The lowest BCUT2D eigenvalue weighted by Gasteiger charge is -2.15. The number of ether oxygens (including phenoxy) is 2. The van der Waals surface area contributed by atoms with Gasteiger partial charge in [0.05, 0.1) is 13.2 Å². The molecule has 0 bridgehead atoms. The number of carbonyl (C=O) groups is 2. The van der Waals surface area contributed by atoms with Crippen LogP contribution in [0.3, 0.4) is 0 Å². The van der Waals surface area contributed by atoms with Crippen LogP contribution in [-0.2, 0) is 19.1 Å². The van der Waals surface area contributed by atoms with Crippen molar-refractivity contribution in [2.45, 2.75) is 44.8 Å². The number of unbranched alkanes of at least 4 members (excludes halogenated alkanes) is 3. The molecule has 0 aliphatic carbocycles. The van der Waals surface area contributed by atoms with Gasteiger partial charge < -0.3 is 24.8 Å². The molecule has 0 heterocycles. The molecule has 0 aliphatic rings. The highest BCUT2D eigenvalue weighted by Gasteiger charge is 2.32. The van der Waals surface area contributed by atoms with Gasteiger partial charge in [0.25, 0.3) is 0 Å². The fourth-order valence-corrected chi connectivity index (χ4v) is 1.31. The van der Waals surface area contributed by atoms with Crippen molar-refractivity contribution in [3.05, 3.63) is 0 Å². The molecule has 0 aromatic carbocycles. The molecule has 0 aromatic rings. The molecular weight excluding hydrogens is 256 g/mol. The van der Waals surface area contributed by atoms with E-state index in [0.29, 0.717) is 12.8 Å². The quantitative estimate of drug-likeness (QED) is 0.360. The third-order valence-electron chi connectivity index (χ3n) is 2.37. The van der Waals surface area contributed by atoms with Crippen molar-refractivity contribution in [2.75, 3.05) is 19.8 Å². The van der Waals surface area contributed by atoms with E-state index < -0.39 is 24.1 Å². The van der Waals surface area contributed by atoms with E-state index in [1.807, 2.05) is 0 Å². The Kier molecular flexibility index (Phi) is 10.1. The van der Waals surface area contributed by atoms with E-state index in [2.05, 4.69) is 4.74 Å². The Morgan fingerprint density at radius 2 is 1.47 bits per heavy atom. The normalized spacial score (nSPS) is 13.7. The first-order chi connectivity index (χ1) is 9.04. The SMILES string of the molecule is CCOC(=O)C(O)C(O)C(=O)OCCCCCCO. The minimum absolute atomic E-state index is 0.0442. The van der Waals surface area contributed by atoms with Crippen molar-refractivity contribution in [1.29, 1.82) is 0 Å². The summed E-state index contributed by atoms with van der Waals surface area (Å²) in [5.41, 5.74) is 0. The van der Waals surface area contributed by atoms with Gasteiger partial charge in [-0.05, 0) is 26.2 Å². The first-order valence-electron chi connectivity index (χ1n) is 6.34. The Balaban J connectivity index is 3.83. The van der Waals surface area contributed by atoms with E-state index in [9.17, 15) is 19.8 Å². The van der Waals surface area contributed by atoms with Crippen molar-refractivity contribution in [2.24, 2.45) is 0 Å². The van der Waals surface area contributed by atoms with Crippen LogP contribution in [0.1, 0.15) is 32.6 Å². The molecule has 7 heteroatoms. The molecule has 0 fully saturated rings. The summed E-state index contributed by atoms with van der Waals surface area (Å²) < 4.78 is 9.18. The minimum atomic E-state index is -1.93. The molecule has 112 valence electrons. The van der Waals surface area contributed by atoms with Gasteiger partial charge in [0, 0.05) is 6.61 Å². The topological polar surface area (TPSA) is 113 Å². The number of hydrogen-bond donors (Lipinski definition) is 3. The van der Waals surface area contributed by atoms with Crippen LogP contribution in [0.2, 0.25) is 0 Å². The van der Waals surface area contributed by atoms with E-state index in [0.717, 1.165) is 12.8 Å². The standard InChI is InChI=1S/C12H22O7/c1-2-18-11(16)9(14)10(15)12(17)19-8-6-4-3-5-7-13/h9-10,13-15H,2-8H2,1H3. The van der Waals surface area contributed by atoms with Crippen molar-refractivity contribution in [3.8, 4) is 0 Å². The average molecular weight is 278 g/mol. The van der Waals surface area contributed by atoms with Crippen molar-refractivity contribution >= 4 is 11.9 Å². The second-order valence-electron chi connectivity index (χ2n) is 3.95. The number of aliphatic hydroxyl groups excluding tert-OH is 3. The zero-order valence-corrected chi connectivity index (χ0v) is 11.1. The lowest BCUT2D eigenvalue weighted by molar-refractivity contribution is -0.172. The van der Waals surface area contributed by atoms with E-state index in [1.165, 1.54) is 0 Å². The van der Waals surface area contributed by atoms with Crippen LogP contribution in [-0.4, -0.2) is 59.3 Å². The molecule has 0 aliphatic heterocycles. The molecule has 0 saturated carbocycles. The van der Waals surface area contributed by atoms with Gasteiger partial charge in [-0.3, -0.25) is 0 Å². The number of rotatable bonds is 10. The molecule has 7 nitrogen and oxygen atoms in total. The summed E-state index contributed by atoms with van der Waals surface area (Å²) >= 11 is 0. The first-order valence-corrected chi connectivity index (χ1v) is 6.34. The monoisotopic (exact) mass is 278 g/mol. The summed E-state index contributed by atoms with van der Waals surface area (Å²) in [6, 6.07) is 0. The van der Waals surface area contributed by atoms with Crippen molar-refractivity contribution in [1.82, 2.24) is 0 Å². The van der Waals surface area contributed by atoms with Crippen molar-refractivity contribution in [3.63, 3.8) is 0 Å². The molecular formula is C12H22O7. The van der Waals surface area contributed by atoms with Crippen LogP contribution in [0, 0.1) is 0 Å². The molecule has 3 N–H and O–H groups in total. The van der Waals surface area contributed by atoms with Gasteiger partial charge in [0.1, 0.15) is 0 Å². The predicted octanol–water partition coefficient (Wildman–Crippen LogP) is -0.633. The molecule has 0 spiro atoms. The Labute approximate surface area is 112 Å². The van der Waals surface area contributed by atoms with Gasteiger partial charge >= 0.3 is 11.9 Å². The molecule has 0 rings (SSSR count). The fourth-order valence-electron chi connectivity index (χ4n) is 1.31. The third-order valence-corrected chi connectivity index (χ3v) is 2.37. The molecule has 0 amide bonds. The highest BCUT2D eigenvalue weighted by atomic mass is 16.6. The van der Waals surface area contributed by atoms with Gasteiger partial charge in [-0.1, -0.05) is 6.42 Å². The average Bonchev–Trinajstić information content (AvgIpc) is 2.41. The Morgan fingerprint density at radius 1 is 0.947 bits per heavy atom. The minimum Gasteiger partial charge on any atom is -0.464 e. The van der Waals surface area contributed by atoms with Crippen LogP contribution >= 0.6 is 0 Å². The predicted molar refractivity (Wildman–Crippen MR) is 65.2 cm³/mol.